The molecule has 0 bridgehead atoms. The Hall–Kier alpha value is -1.40. The summed E-state index contributed by atoms with van der Waals surface area (Å²) in [5.74, 6) is -0.269. The fourth-order valence-electron chi connectivity index (χ4n) is 1.42. The van der Waals surface area contributed by atoms with E-state index in [0.29, 0.717) is 16.6 Å². The zero-order chi connectivity index (χ0) is 13.1. The van der Waals surface area contributed by atoms with Gasteiger partial charge in [-0.2, -0.15) is 5.10 Å². The quantitative estimate of drug-likeness (QED) is 0.878. The second-order valence-corrected chi connectivity index (χ2v) is 4.89. The van der Waals surface area contributed by atoms with Gasteiger partial charge in [-0.15, -0.1) is 0 Å². The van der Waals surface area contributed by atoms with Crippen LogP contribution in [-0.2, 0) is 13.6 Å². The predicted molar refractivity (Wildman–Crippen MR) is 71.3 cm³/mol. The topological polar surface area (TPSA) is 59.8 Å². The summed E-state index contributed by atoms with van der Waals surface area (Å²) in [5, 5.41) is 6.96. The van der Waals surface area contributed by atoms with Gasteiger partial charge in [0, 0.05) is 23.9 Å². The van der Waals surface area contributed by atoms with Gasteiger partial charge < -0.3 is 5.32 Å². The summed E-state index contributed by atoms with van der Waals surface area (Å²) < 4.78 is 2.40. The molecule has 0 atom stereocenters. The number of aromatic nitrogens is 3. The molecule has 5 nitrogen and oxygen atoms in total. The molecule has 0 saturated heterocycles. The minimum absolute atomic E-state index is 0.181. The highest BCUT2D eigenvalue weighted by atomic mass is 79.9. The molecule has 0 aliphatic rings. The van der Waals surface area contributed by atoms with Crippen molar-refractivity contribution in [3.63, 3.8) is 0 Å². The van der Waals surface area contributed by atoms with E-state index in [1.807, 2.05) is 13.1 Å². The van der Waals surface area contributed by atoms with Crippen LogP contribution in [0.25, 0.3) is 0 Å². The molecule has 0 aliphatic carbocycles. The number of aryl methyl sites for hydroxylation is 1. The van der Waals surface area contributed by atoms with Gasteiger partial charge in [0.2, 0.25) is 0 Å². The average Bonchev–Trinajstić information content (AvgIpc) is 2.75. The van der Waals surface area contributed by atoms with Crippen molar-refractivity contribution in [2.45, 2.75) is 6.54 Å². The molecule has 94 valence electrons. The van der Waals surface area contributed by atoms with Crippen LogP contribution >= 0.6 is 27.5 Å². The van der Waals surface area contributed by atoms with Gasteiger partial charge in [-0.05, 0) is 28.1 Å². The summed E-state index contributed by atoms with van der Waals surface area (Å²) in [6.45, 7) is 0.387. The van der Waals surface area contributed by atoms with Gasteiger partial charge in [0.1, 0.15) is 5.15 Å². The van der Waals surface area contributed by atoms with Crippen molar-refractivity contribution in [1.29, 1.82) is 0 Å². The van der Waals surface area contributed by atoms with Crippen molar-refractivity contribution in [2.75, 3.05) is 0 Å². The second-order valence-electron chi connectivity index (χ2n) is 3.62. The van der Waals surface area contributed by atoms with Crippen molar-refractivity contribution in [2.24, 2.45) is 7.05 Å². The highest BCUT2D eigenvalue weighted by Gasteiger charge is 2.12. The lowest BCUT2D eigenvalue weighted by molar-refractivity contribution is 0.0950. The molecule has 2 aromatic rings. The van der Waals surface area contributed by atoms with Crippen LogP contribution < -0.4 is 5.32 Å². The summed E-state index contributed by atoms with van der Waals surface area (Å²) in [5.41, 5.74) is 1.25. The largest absolute Gasteiger partial charge is 0.346 e. The molecule has 1 amide bonds. The summed E-state index contributed by atoms with van der Waals surface area (Å²) in [6, 6.07) is 3.47. The molecular weight excluding hydrogens is 320 g/mol. The Kier molecular flexibility index (Phi) is 3.98. The second kappa shape index (κ2) is 5.49. The zero-order valence-electron chi connectivity index (χ0n) is 9.52. The maximum absolute atomic E-state index is 11.9. The Morgan fingerprint density at radius 2 is 2.39 bits per heavy atom. The van der Waals surface area contributed by atoms with E-state index in [2.05, 4.69) is 31.3 Å². The maximum Gasteiger partial charge on any atom is 0.254 e. The van der Waals surface area contributed by atoms with Crippen LogP contribution in [0.5, 0.6) is 0 Å². The average molecular weight is 330 g/mol. The van der Waals surface area contributed by atoms with Crippen molar-refractivity contribution in [1.82, 2.24) is 20.1 Å². The van der Waals surface area contributed by atoms with Crippen LogP contribution in [0.4, 0.5) is 0 Å². The third-order valence-electron chi connectivity index (χ3n) is 2.40. The highest BCUT2D eigenvalue weighted by Crippen LogP contribution is 2.17. The van der Waals surface area contributed by atoms with Crippen LogP contribution in [0.1, 0.15) is 16.1 Å². The van der Waals surface area contributed by atoms with Gasteiger partial charge in [-0.1, -0.05) is 11.6 Å². The number of nitrogens with zero attached hydrogens (tertiary/aromatic N) is 3. The number of hydrogen-bond donors (Lipinski definition) is 1. The summed E-state index contributed by atoms with van der Waals surface area (Å²) in [4.78, 5) is 15.8. The van der Waals surface area contributed by atoms with Gasteiger partial charge in [0.05, 0.1) is 17.8 Å². The van der Waals surface area contributed by atoms with Gasteiger partial charge in [0.15, 0.2) is 0 Å². The smallest absolute Gasteiger partial charge is 0.254 e. The number of rotatable bonds is 3. The third kappa shape index (κ3) is 2.88. The molecule has 0 radical (unpaired) electrons. The first-order chi connectivity index (χ1) is 8.58. The first kappa shape index (κ1) is 13.0. The van der Waals surface area contributed by atoms with Crippen LogP contribution in [0, 0.1) is 0 Å². The predicted octanol–water partition coefficient (Wildman–Crippen LogP) is 2.16. The van der Waals surface area contributed by atoms with Gasteiger partial charge in [0.25, 0.3) is 5.91 Å². The van der Waals surface area contributed by atoms with Crippen LogP contribution in [0.15, 0.2) is 29.0 Å². The summed E-state index contributed by atoms with van der Waals surface area (Å²) in [7, 11) is 1.81. The fourth-order valence-corrected chi connectivity index (χ4v) is 1.94. The Morgan fingerprint density at radius 3 is 3.06 bits per heavy atom. The Morgan fingerprint density at radius 1 is 1.61 bits per heavy atom. The van der Waals surface area contributed by atoms with Crippen LogP contribution in [0.3, 0.4) is 0 Å². The molecule has 0 spiro atoms. The van der Waals surface area contributed by atoms with E-state index in [4.69, 9.17) is 11.6 Å². The Labute approximate surface area is 117 Å². The number of carbonyl (C=O) groups is 1. The van der Waals surface area contributed by atoms with Crippen LogP contribution in [0.2, 0.25) is 5.15 Å². The zero-order valence-corrected chi connectivity index (χ0v) is 11.9. The lowest BCUT2D eigenvalue weighted by atomic mass is 10.2. The number of nitrogens with one attached hydrogen (secondary N) is 1. The summed E-state index contributed by atoms with van der Waals surface area (Å²) in [6.07, 6.45) is 3.22. The Balaban J connectivity index is 2.08. The van der Waals surface area contributed by atoms with E-state index in [-0.39, 0.29) is 11.1 Å². The van der Waals surface area contributed by atoms with E-state index < -0.39 is 0 Å². The maximum atomic E-state index is 11.9. The molecule has 0 aliphatic heterocycles. The van der Waals surface area contributed by atoms with E-state index >= 15 is 0 Å². The SMILES string of the molecule is Cn1nccc1CNC(=O)c1cc(Br)cnc1Cl. The monoisotopic (exact) mass is 328 g/mol. The minimum Gasteiger partial charge on any atom is -0.346 e. The lowest BCUT2D eigenvalue weighted by Gasteiger charge is -2.07. The van der Waals surface area contributed by atoms with E-state index in [1.165, 1.54) is 0 Å². The van der Waals surface area contributed by atoms with E-state index in [1.54, 1.807) is 23.1 Å². The molecule has 0 saturated carbocycles. The van der Waals surface area contributed by atoms with Crippen LogP contribution in [-0.4, -0.2) is 20.7 Å². The Bertz CT molecular complexity index is 584. The van der Waals surface area contributed by atoms with Gasteiger partial charge >= 0.3 is 0 Å². The molecule has 0 aromatic carbocycles. The van der Waals surface area contributed by atoms with Gasteiger partial charge in [-0.3, -0.25) is 9.48 Å². The molecule has 0 fully saturated rings. The van der Waals surface area contributed by atoms with Crippen molar-refractivity contribution in [3.05, 3.63) is 45.4 Å². The molecular formula is C11H10BrClN4O. The molecule has 18 heavy (non-hydrogen) atoms. The van der Waals surface area contributed by atoms with Crippen molar-refractivity contribution >= 4 is 33.4 Å². The molecule has 2 heterocycles. The number of pyridine rings is 1. The standard InChI is InChI=1S/C11H10BrClN4O/c1-17-8(2-3-16-17)6-15-11(18)9-4-7(12)5-14-10(9)13/h2-5H,6H2,1H3,(H,15,18). The molecule has 2 rings (SSSR count). The first-order valence-electron chi connectivity index (χ1n) is 5.14. The van der Waals surface area contributed by atoms with E-state index in [9.17, 15) is 4.79 Å². The molecule has 1 N–H and O–H groups in total. The first-order valence-corrected chi connectivity index (χ1v) is 6.31. The fraction of sp³-hybridized carbons (Fsp3) is 0.182. The summed E-state index contributed by atoms with van der Waals surface area (Å²) >= 11 is 9.12. The van der Waals surface area contributed by atoms with E-state index in [0.717, 1.165) is 5.69 Å². The van der Waals surface area contributed by atoms with Crippen molar-refractivity contribution in [3.8, 4) is 0 Å². The minimum atomic E-state index is -0.269. The number of hydrogen-bond acceptors (Lipinski definition) is 3. The number of amides is 1. The van der Waals surface area contributed by atoms with Crippen molar-refractivity contribution < 1.29 is 4.79 Å². The molecule has 7 heteroatoms. The normalized spacial score (nSPS) is 10.4. The molecule has 0 unspecified atom stereocenters. The highest BCUT2D eigenvalue weighted by molar-refractivity contribution is 9.10. The third-order valence-corrected chi connectivity index (χ3v) is 3.14. The number of carbonyl (C=O) groups excluding carboxylic acids is 1. The lowest BCUT2D eigenvalue weighted by Crippen LogP contribution is -2.24. The number of halogens is 2. The molecule has 2 aromatic heterocycles. The van der Waals surface area contributed by atoms with Gasteiger partial charge in [-0.25, -0.2) is 4.98 Å².